The van der Waals surface area contributed by atoms with Crippen molar-refractivity contribution < 1.29 is 14.5 Å². The summed E-state index contributed by atoms with van der Waals surface area (Å²) in [5.41, 5.74) is 5.04. The van der Waals surface area contributed by atoms with Crippen molar-refractivity contribution in [3.63, 3.8) is 0 Å². The molecule has 0 saturated carbocycles. The summed E-state index contributed by atoms with van der Waals surface area (Å²) in [5.74, 6) is -1.09. The minimum atomic E-state index is -0.711. The Morgan fingerprint density at radius 3 is 2.57 bits per heavy atom. The van der Waals surface area contributed by atoms with Crippen LogP contribution in [0.4, 0.5) is 11.4 Å². The van der Waals surface area contributed by atoms with Gasteiger partial charge in [-0.05, 0) is 13.8 Å². The van der Waals surface area contributed by atoms with Gasteiger partial charge in [0.2, 0.25) is 5.91 Å². The van der Waals surface area contributed by atoms with Crippen molar-refractivity contribution >= 4 is 34.8 Å². The molecule has 1 aromatic carbocycles. The lowest BCUT2D eigenvalue weighted by atomic mass is 10.1. The maximum absolute atomic E-state index is 11.9. The van der Waals surface area contributed by atoms with Crippen molar-refractivity contribution in [3.8, 4) is 0 Å². The standard InChI is InChI=1S/C12H15ClN4O4/c1-6(2)16-10(18)5-15-12(19)8-3-7(17(20)21)4-9(13)11(8)14/h3-4,6H,5,14H2,1-2H3,(H,15,19)(H,16,18). The maximum Gasteiger partial charge on any atom is 0.271 e. The van der Waals surface area contributed by atoms with E-state index in [1.54, 1.807) is 13.8 Å². The molecule has 0 unspecified atom stereocenters. The van der Waals surface area contributed by atoms with Gasteiger partial charge in [0, 0.05) is 18.2 Å². The van der Waals surface area contributed by atoms with Crippen LogP contribution in [0.5, 0.6) is 0 Å². The van der Waals surface area contributed by atoms with Gasteiger partial charge in [0.25, 0.3) is 11.6 Å². The number of nitrogen functional groups attached to an aromatic ring is 1. The van der Waals surface area contributed by atoms with E-state index in [1.807, 2.05) is 0 Å². The number of hydrogen-bond acceptors (Lipinski definition) is 5. The van der Waals surface area contributed by atoms with Crippen LogP contribution < -0.4 is 16.4 Å². The number of carbonyl (C=O) groups excluding carboxylic acids is 2. The minimum Gasteiger partial charge on any atom is -0.397 e. The highest BCUT2D eigenvalue weighted by molar-refractivity contribution is 6.34. The Morgan fingerprint density at radius 1 is 1.43 bits per heavy atom. The molecular weight excluding hydrogens is 300 g/mol. The number of nitro benzene ring substituents is 1. The lowest BCUT2D eigenvalue weighted by Crippen LogP contribution is -2.40. The van der Waals surface area contributed by atoms with Crippen LogP contribution in [0.2, 0.25) is 5.02 Å². The molecule has 0 aliphatic carbocycles. The molecule has 4 N–H and O–H groups in total. The Hall–Kier alpha value is -2.35. The average molecular weight is 315 g/mol. The van der Waals surface area contributed by atoms with Gasteiger partial charge in [0.15, 0.2) is 0 Å². The van der Waals surface area contributed by atoms with Gasteiger partial charge in [-0.3, -0.25) is 19.7 Å². The van der Waals surface area contributed by atoms with E-state index in [1.165, 1.54) is 0 Å². The molecule has 0 spiro atoms. The van der Waals surface area contributed by atoms with Crippen molar-refractivity contribution in [1.29, 1.82) is 0 Å². The van der Waals surface area contributed by atoms with Crippen LogP contribution in [-0.4, -0.2) is 29.3 Å². The zero-order chi connectivity index (χ0) is 16.2. The van der Waals surface area contributed by atoms with Crippen LogP contribution in [0.25, 0.3) is 0 Å². The minimum absolute atomic E-state index is 0.0632. The topological polar surface area (TPSA) is 127 Å². The van der Waals surface area contributed by atoms with Gasteiger partial charge in [0.05, 0.1) is 27.7 Å². The predicted octanol–water partition coefficient (Wildman–Crippen LogP) is 1.08. The number of rotatable bonds is 5. The van der Waals surface area contributed by atoms with Gasteiger partial charge >= 0.3 is 0 Å². The van der Waals surface area contributed by atoms with Crippen LogP contribution >= 0.6 is 11.6 Å². The third-order valence-electron chi connectivity index (χ3n) is 2.43. The summed E-state index contributed by atoms with van der Waals surface area (Å²) in [6.45, 7) is 3.28. The first-order valence-corrected chi connectivity index (χ1v) is 6.41. The Morgan fingerprint density at radius 2 is 2.05 bits per heavy atom. The van der Waals surface area contributed by atoms with Crippen molar-refractivity contribution in [2.75, 3.05) is 12.3 Å². The highest BCUT2D eigenvalue weighted by Gasteiger charge is 2.19. The average Bonchev–Trinajstić information content (AvgIpc) is 2.37. The summed E-state index contributed by atoms with van der Waals surface area (Å²) >= 11 is 5.75. The maximum atomic E-state index is 11.9. The number of nitrogens with two attached hydrogens (primary N) is 1. The molecule has 114 valence electrons. The molecule has 1 rings (SSSR count). The van der Waals surface area contributed by atoms with Crippen LogP contribution in [0.3, 0.4) is 0 Å². The summed E-state index contributed by atoms with van der Waals surface area (Å²) in [4.78, 5) is 33.4. The third kappa shape index (κ3) is 4.60. The molecule has 21 heavy (non-hydrogen) atoms. The number of nitro groups is 1. The number of halogens is 1. The molecule has 2 amide bonds. The molecule has 0 radical (unpaired) electrons. The number of non-ortho nitro benzene ring substituents is 1. The zero-order valence-electron chi connectivity index (χ0n) is 11.5. The molecule has 1 aromatic rings. The van der Waals surface area contributed by atoms with Crippen molar-refractivity contribution in [2.24, 2.45) is 0 Å². The van der Waals surface area contributed by atoms with E-state index < -0.39 is 10.8 Å². The number of nitrogens with zero attached hydrogens (tertiary/aromatic N) is 1. The zero-order valence-corrected chi connectivity index (χ0v) is 12.2. The second kappa shape index (κ2) is 6.89. The highest BCUT2D eigenvalue weighted by Crippen LogP contribution is 2.28. The second-order valence-electron chi connectivity index (χ2n) is 4.55. The van der Waals surface area contributed by atoms with Gasteiger partial charge in [-0.2, -0.15) is 0 Å². The number of anilines is 1. The molecule has 0 aliphatic heterocycles. The smallest absolute Gasteiger partial charge is 0.271 e. The van der Waals surface area contributed by atoms with E-state index in [9.17, 15) is 19.7 Å². The van der Waals surface area contributed by atoms with E-state index >= 15 is 0 Å². The number of nitrogens with one attached hydrogen (secondary N) is 2. The summed E-state index contributed by atoms with van der Waals surface area (Å²) < 4.78 is 0. The van der Waals surface area contributed by atoms with E-state index in [4.69, 9.17) is 17.3 Å². The normalized spacial score (nSPS) is 10.3. The molecule has 0 aromatic heterocycles. The molecule has 0 heterocycles. The molecule has 9 heteroatoms. The van der Waals surface area contributed by atoms with E-state index in [0.29, 0.717) is 0 Å². The van der Waals surface area contributed by atoms with Crippen LogP contribution in [0.15, 0.2) is 12.1 Å². The summed E-state index contributed by atoms with van der Waals surface area (Å²) in [7, 11) is 0. The number of benzene rings is 1. The fourth-order valence-corrected chi connectivity index (χ4v) is 1.74. The van der Waals surface area contributed by atoms with Gasteiger partial charge in [-0.1, -0.05) is 11.6 Å². The van der Waals surface area contributed by atoms with Crippen LogP contribution in [0, 0.1) is 10.1 Å². The number of hydrogen-bond donors (Lipinski definition) is 3. The molecule has 0 aliphatic rings. The Balaban J connectivity index is 2.87. The van der Waals surface area contributed by atoms with Crippen molar-refractivity contribution in [3.05, 3.63) is 32.8 Å². The lowest BCUT2D eigenvalue weighted by molar-refractivity contribution is -0.384. The molecule has 0 saturated heterocycles. The predicted molar refractivity (Wildman–Crippen MR) is 78.1 cm³/mol. The first-order valence-electron chi connectivity index (χ1n) is 6.03. The molecule has 8 nitrogen and oxygen atoms in total. The summed E-state index contributed by atoms with van der Waals surface area (Å²) in [6.07, 6.45) is 0. The van der Waals surface area contributed by atoms with Crippen LogP contribution in [0.1, 0.15) is 24.2 Å². The number of amides is 2. The summed E-state index contributed by atoms with van der Waals surface area (Å²) in [6, 6.07) is 2.00. The molecule has 0 atom stereocenters. The Bertz CT molecular complexity index is 589. The van der Waals surface area contributed by atoms with E-state index in [2.05, 4.69) is 10.6 Å². The van der Waals surface area contributed by atoms with Crippen LogP contribution in [-0.2, 0) is 4.79 Å². The first-order chi connectivity index (χ1) is 9.72. The van der Waals surface area contributed by atoms with Gasteiger partial charge in [-0.15, -0.1) is 0 Å². The van der Waals surface area contributed by atoms with E-state index in [-0.39, 0.29) is 40.5 Å². The first kappa shape index (κ1) is 16.7. The molecule has 0 fully saturated rings. The quantitative estimate of drug-likeness (QED) is 0.426. The fourth-order valence-electron chi connectivity index (χ4n) is 1.53. The highest BCUT2D eigenvalue weighted by atomic mass is 35.5. The largest absolute Gasteiger partial charge is 0.397 e. The fraction of sp³-hybridized carbons (Fsp3) is 0.333. The van der Waals surface area contributed by atoms with Gasteiger partial charge in [0.1, 0.15) is 0 Å². The summed E-state index contributed by atoms with van der Waals surface area (Å²) in [5, 5.41) is 15.6. The van der Waals surface area contributed by atoms with Crippen molar-refractivity contribution in [2.45, 2.75) is 19.9 Å². The third-order valence-corrected chi connectivity index (χ3v) is 2.74. The monoisotopic (exact) mass is 314 g/mol. The van der Waals surface area contributed by atoms with Gasteiger partial charge in [-0.25, -0.2) is 0 Å². The Labute approximate surface area is 125 Å². The molecule has 0 bridgehead atoms. The lowest BCUT2D eigenvalue weighted by Gasteiger charge is -2.10. The second-order valence-corrected chi connectivity index (χ2v) is 4.96. The van der Waals surface area contributed by atoms with Gasteiger partial charge < -0.3 is 16.4 Å². The molecular formula is C12H15ClN4O4. The van der Waals surface area contributed by atoms with Crippen molar-refractivity contribution in [1.82, 2.24) is 10.6 Å². The Kier molecular flexibility index (Phi) is 5.48. The SMILES string of the molecule is CC(C)NC(=O)CNC(=O)c1cc([N+](=O)[O-])cc(Cl)c1N. The van der Waals surface area contributed by atoms with E-state index in [0.717, 1.165) is 12.1 Å². The number of carbonyl (C=O) groups is 2.